The Kier molecular flexibility index (Phi) is 5.83. The van der Waals surface area contributed by atoms with E-state index in [0.717, 1.165) is 5.56 Å². The van der Waals surface area contributed by atoms with Crippen LogP contribution in [0.4, 0.5) is 4.39 Å². The number of primary sulfonamides is 1. The molecule has 0 saturated heterocycles. The average molecular weight is 438 g/mol. The summed E-state index contributed by atoms with van der Waals surface area (Å²) in [5, 5.41) is 5.41. The number of benzene rings is 3. The quantitative estimate of drug-likeness (QED) is 0.461. The Morgan fingerprint density at radius 1 is 0.935 bits per heavy atom. The standard InChI is InChI=1S/C23H19FN2O4S/c24-17-10-12-18(13-11-17)29-15-14-21-26-22(16-6-2-1-3-7-16)23(30-21)19-8-4-5-9-20(19)31(25,27)28/h1-13H,14-15H2,(H2,25,27,28). The van der Waals surface area contributed by atoms with E-state index >= 15 is 0 Å². The second-order valence-corrected chi connectivity index (χ2v) is 8.27. The van der Waals surface area contributed by atoms with Crippen LogP contribution in [0, 0.1) is 5.82 Å². The second-order valence-electron chi connectivity index (χ2n) is 6.74. The summed E-state index contributed by atoms with van der Waals surface area (Å²) in [4.78, 5) is 4.54. The molecule has 3 aromatic carbocycles. The van der Waals surface area contributed by atoms with Crippen molar-refractivity contribution in [2.45, 2.75) is 11.3 Å². The lowest BCUT2D eigenvalue weighted by molar-refractivity contribution is 0.306. The van der Waals surface area contributed by atoms with Gasteiger partial charge in [-0.25, -0.2) is 22.9 Å². The van der Waals surface area contributed by atoms with E-state index in [0.29, 0.717) is 35.1 Å². The number of rotatable bonds is 7. The summed E-state index contributed by atoms with van der Waals surface area (Å²) in [7, 11) is -3.97. The highest BCUT2D eigenvalue weighted by atomic mass is 32.2. The minimum absolute atomic E-state index is 0.0440. The van der Waals surface area contributed by atoms with Crippen LogP contribution < -0.4 is 9.88 Å². The number of aromatic nitrogens is 1. The fraction of sp³-hybridized carbons (Fsp3) is 0.0870. The van der Waals surface area contributed by atoms with Crippen molar-refractivity contribution in [3.63, 3.8) is 0 Å². The molecular weight excluding hydrogens is 419 g/mol. The molecule has 0 amide bonds. The van der Waals surface area contributed by atoms with E-state index in [1.54, 1.807) is 18.2 Å². The third kappa shape index (κ3) is 4.82. The second kappa shape index (κ2) is 8.71. The Morgan fingerprint density at radius 3 is 2.32 bits per heavy atom. The third-order valence-electron chi connectivity index (χ3n) is 4.56. The Hall–Kier alpha value is -3.49. The molecular formula is C23H19FN2O4S. The predicted octanol–water partition coefficient (Wildman–Crippen LogP) is 4.42. The molecule has 8 heteroatoms. The maximum atomic E-state index is 13.0. The van der Waals surface area contributed by atoms with Gasteiger partial charge in [-0.3, -0.25) is 0 Å². The summed E-state index contributed by atoms with van der Waals surface area (Å²) in [6.45, 7) is 0.247. The van der Waals surface area contributed by atoms with Gasteiger partial charge < -0.3 is 9.15 Å². The Balaban J connectivity index is 1.68. The fourth-order valence-electron chi connectivity index (χ4n) is 3.13. The van der Waals surface area contributed by atoms with Gasteiger partial charge in [0.2, 0.25) is 10.0 Å². The number of halogens is 1. The lowest BCUT2D eigenvalue weighted by atomic mass is 10.1. The molecule has 158 valence electrons. The summed E-state index contributed by atoms with van der Waals surface area (Å²) in [5.41, 5.74) is 1.62. The van der Waals surface area contributed by atoms with Crippen molar-refractivity contribution in [3.05, 3.63) is 90.6 Å². The first-order chi connectivity index (χ1) is 14.9. The fourth-order valence-corrected chi connectivity index (χ4v) is 3.87. The molecule has 4 aromatic rings. The van der Waals surface area contributed by atoms with Crippen LogP contribution in [0.5, 0.6) is 5.75 Å². The summed E-state index contributed by atoms with van der Waals surface area (Å²) in [5.74, 6) is 0.870. The van der Waals surface area contributed by atoms with Crippen molar-refractivity contribution < 1.29 is 22.0 Å². The van der Waals surface area contributed by atoms with Crippen molar-refractivity contribution in [3.8, 4) is 28.3 Å². The molecule has 0 fully saturated rings. The molecule has 0 saturated carbocycles. The van der Waals surface area contributed by atoms with E-state index in [9.17, 15) is 12.8 Å². The number of hydrogen-bond donors (Lipinski definition) is 1. The number of nitrogens with two attached hydrogens (primary N) is 1. The van der Waals surface area contributed by atoms with Crippen LogP contribution >= 0.6 is 0 Å². The molecule has 31 heavy (non-hydrogen) atoms. The van der Waals surface area contributed by atoms with Gasteiger partial charge in [0.25, 0.3) is 0 Å². The summed E-state index contributed by atoms with van der Waals surface area (Å²) in [6.07, 6.45) is 0.328. The number of hydrogen-bond acceptors (Lipinski definition) is 5. The van der Waals surface area contributed by atoms with Gasteiger partial charge in [-0.1, -0.05) is 42.5 Å². The van der Waals surface area contributed by atoms with Crippen molar-refractivity contribution >= 4 is 10.0 Å². The smallest absolute Gasteiger partial charge is 0.238 e. The Labute approximate surface area is 179 Å². The lowest BCUT2D eigenvalue weighted by Crippen LogP contribution is -2.13. The van der Waals surface area contributed by atoms with E-state index in [-0.39, 0.29) is 17.3 Å². The number of sulfonamides is 1. The van der Waals surface area contributed by atoms with Gasteiger partial charge in [-0.15, -0.1) is 0 Å². The SMILES string of the molecule is NS(=O)(=O)c1ccccc1-c1oc(CCOc2ccc(F)cc2)nc1-c1ccccc1. The molecule has 1 aromatic heterocycles. The van der Waals surface area contributed by atoms with Crippen molar-refractivity contribution in [2.24, 2.45) is 5.14 Å². The molecule has 0 aliphatic carbocycles. The van der Waals surface area contributed by atoms with Crippen LogP contribution in [0.25, 0.3) is 22.6 Å². The van der Waals surface area contributed by atoms with Gasteiger partial charge in [0.05, 0.1) is 17.9 Å². The van der Waals surface area contributed by atoms with Crippen molar-refractivity contribution in [1.82, 2.24) is 4.98 Å². The lowest BCUT2D eigenvalue weighted by Gasteiger charge is -2.07. The van der Waals surface area contributed by atoms with Gasteiger partial charge in [-0.2, -0.15) is 0 Å². The van der Waals surface area contributed by atoms with E-state index in [1.807, 2.05) is 30.3 Å². The van der Waals surface area contributed by atoms with Crippen LogP contribution in [0.1, 0.15) is 5.89 Å². The maximum Gasteiger partial charge on any atom is 0.238 e. The van der Waals surface area contributed by atoms with Crippen LogP contribution in [-0.4, -0.2) is 20.0 Å². The molecule has 6 nitrogen and oxygen atoms in total. The van der Waals surface area contributed by atoms with Crippen LogP contribution in [0.2, 0.25) is 0 Å². The van der Waals surface area contributed by atoms with Crippen molar-refractivity contribution in [2.75, 3.05) is 6.61 Å². The molecule has 1 heterocycles. The molecule has 0 unspecified atom stereocenters. The summed E-state index contributed by atoms with van der Waals surface area (Å²) >= 11 is 0. The zero-order valence-corrected chi connectivity index (χ0v) is 17.2. The summed E-state index contributed by atoms with van der Waals surface area (Å²) < 4.78 is 48.8. The van der Waals surface area contributed by atoms with Crippen LogP contribution in [0.15, 0.2) is 88.2 Å². The first kappa shape index (κ1) is 20.8. The average Bonchev–Trinajstić information content (AvgIpc) is 3.19. The first-order valence-electron chi connectivity index (χ1n) is 9.47. The van der Waals surface area contributed by atoms with E-state index in [1.165, 1.54) is 30.3 Å². The van der Waals surface area contributed by atoms with Gasteiger partial charge in [0, 0.05) is 11.1 Å². The largest absolute Gasteiger partial charge is 0.493 e. The molecule has 0 spiro atoms. The molecule has 0 atom stereocenters. The topological polar surface area (TPSA) is 95.4 Å². The van der Waals surface area contributed by atoms with Crippen LogP contribution in [-0.2, 0) is 16.4 Å². The minimum atomic E-state index is -3.97. The number of oxazole rings is 1. The first-order valence-corrected chi connectivity index (χ1v) is 11.0. The molecule has 0 radical (unpaired) electrons. The predicted molar refractivity (Wildman–Crippen MR) is 114 cm³/mol. The van der Waals surface area contributed by atoms with Gasteiger partial charge in [0.15, 0.2) is 11.7 Å². The third-order valence-corrected chi connectivity index (χ3v) is 5.52. The Morgan fingerprint density at radius 2 is 1.61 bits per heavy atom. The normalized spacial score (nSPS) is 11.4. The molecule has 0 bridgehead atoms. The van der Waals surface area contributed by atoms with Gasteiger partial charge in [0.1, 0.15) is 17.3 Å². The van der Waals surface area contributed by atoms with Gasteiger partial charge in [-0.05, 0) is 36.4 Å². The summed E-state index contributed by atoms with van der Waals surface area (Å²) in [6, 6.07) is 21.4. The monoisotopic (exact) mass is 438 g/mol. The van der Waals surface area contributed by atoms with Crippen LogP contribution in [0.3, 0.4) is 0 Å². The molecule has 0 aliphatic heterocycles. The van der Waals surface area contributed by atoms with Gasteiger partial charge >= 0.3 is 0 Å². The molecule has 0 aliphatic rings. The number of nitrogens with zero attached hydrogens (tertiary/aromatic N) is 1. The highest BCUT2D eigenvalue weighted by Crippen LogP contribution is 2.36. The maximum absolute atomic E-state index is 13.0. The Bertz CT molecular complexity index is 1290. The zero-order chi connectivity index (χ0) is 21.8. The van der Waals surface area contributed by atoms with E-state index in [2.05, 4.69) is 4.98 Å². The van der Waals surface area contributed by atoms with E-state index in [4.69, 9.17) is 14.3 Å². The minimum Gasteiger partial charge on any atom is -0.493 e. The highest BCUT2D eigenvalue weighted by Gasteiger charge is 2.23. The highest BCUT2D eigenvalue weighted by molar-refractivity contribution is 7.89. The van der Waals surface area contributed by atoms with E-state index < -0.39 is 10.0 Å². The van der Waals surface area contributed by atoms with Crippen molar-refractivity contribution in [1.29, 1.82) is 0 Å². The molecule has 2 N–H and O–H groups in total. The molecule has 4 rings (SSSR count). The zero-order valence-electron chi connectivity index (χ0n) is 16.4. The number of ether oxygens (including phenoxy) is 1.